The molecule has 30 heavy (non-hydrogen) atoms. The van der Waals surface area contributed by atoms with Gasteiger partial charge in [-0.15, -0.1) is 0 Å². The van der Waals surface area contributed by atoms with Gasteiger partial charge in [0.15, 0.2) is 5.16 Å². The van der Waals surface area contributed by atoms with E-state index in [0.717, 1.165) is 34.7 Å². The Balaban J connectivity index is 1.60. The number of benzene rings is 3. The molecule has 0 aliphatic heterocycles. The van der Waals surface area contributed by atoms with Crippen LogP contribution in [-0.4, -0.2) is 21.9 Å². The maximum absolute atomic E-state index is 13.3. The molecular formula is C25H24N2O2S. The zero-order valence-electron chi connectivity index (χ0n) is 17.2. The summed E-state index contributed by atoms with van der Waals surface area (Å²) in [6.45, 7) is 4.71. The minimum atomic E-state index is -0.0319. The molecule has 0 radical (unpaired) electrons. The summed E-state index contributed by atoms with van der Waals surface area (Å²) in [6.07, 6.45) is 0.856. The van der Waals surface area contributed by atoms with Crippen molar-refractivity contribution >= 4 is 22.7 Å². The first-order valence-corrected chi connectivity index (χ1v) is 11.0. The van der Waals surface area contributed by atoms with Gasteiger partial charge in [-0.2, -0.15) is 0 Å². The second-order valence-electron chi connectivity index (χ2n) is 7.21. The maximum atomic E-state index is 13.3. The Morgan fingerprint density at radius 2 is 1.73 bits per heavy atom. The fourth-order valence-corrected chi connectivity index (χ4v) is 4.33. The molecule has 5 heteroatoms. The van der Waals surface area contributed by atoms with Crippen LogP contribution in [0.2, 0.25) is 0 Å². The third-order valence-electron chi connectivity index (χ3n) is 4.87. The van der Waals surface area contributed by atoms with Crippen LogP contribution in [0.1, 0.15) is 17.5 Å². The predicted octanol–water partition coefficient (Wildman–Crippen LogP) is 5.56. The summed E-state index contributed by atoms with van der Waals surface area (Å²) in [5.41, 5.74) is 3.81. The Morgan fingerprint density at radius 3 is 2.53 bits per heavy atom. The monoisotopic (exact) mass is 416 g/mol. The predicted molar refractivity (Wildman–Crippen MR) is 124 cm³/mol. The number of para-hydroxylation sites is 2. The third-order valence-corrected chi connectivity index (χ3v) is 5.89. The second-order valence-corrected chi connectivity index (χ2v) is 8.27. The summed E-state index contributed by atoms with van der Waals surface area (Å²) in [4.78, 5) is 18.2. The van der Waals surface area contributed by atoms with Crippen LogP contribution in [0.25, 0.3) is 16.6 Å². The van der Waals surface area contributed by atoms with Gasteiger partial charge in [0.1, 0.15) is 5.75 Å². The first-order chi connectivity index (χ1) is 14.6. The fourth-order valence-electron chi connectivity index (χ4n) is 3.41. The van der Waals surface area contributed by atoms with Crippen LogP contribution < -0.4 is 10.3 Å². The van der Waals surface area contributed by atoms with Gasteiger partial charge < -0.3 is 4.74 Å². The number of aryl methyl sites for hydroxylation is 2. The van der Waals surface area contributed by atoms with Crippen molar-refractivity contribution in [2.45, 2.75) is 25.4 Å². The van der Waals surface area contributed by atoms with Gasteiger partial charge in [-0.1, -0.05) is 59.8 Å². The number of hydrogen-bond donors (Lipinski definition) is 0. The zero-order valence-corrected chi connectivity index (χ0v) is 18.0. The minimum Gasteiger partial charge on any atom is -0.494 e. The molecule has 152 valence electrons. The molecule has 0 saturated heterocycles. The maximum Gasteiger partial charge on any atom is 0.266 e. The Bertz CT molecular complexity index is 1220. The van der Waals surface area contributed by atoms with Crippen molar-refractivity contribution < 1.29 is 4.74 Å². The van der Waals surface area contributed by atoms with E-state index >= 15 is 0 Å². The number of ether oxygens (including phenoxy) is 1. The van der Waals surface area contributed by atoms with E-state index in [1.807, 2.05) is 73.7 Å². The number of hydrogen-bond acceptors (Lipinski definition) is 4. The quantitative estimate of drug-likeness (QED) is 0.225. The average Bonchev–Trinajstić information content (AvgIpc) is 2.75. The van der Waals surface area contributed by atoms with Gasteiger partial charge >= 0.3 is 0 Å². The molecule has 4 aromatic rings. The second kappa shape index (κ2) is 9.18. The van der Waals surface area contributed by atoms with Crippen molar-refractivity contribution in [3.8, 4) is 11.4 Å². The number of fused-ring (bicyclic) bond motifs is 1. The van der Waals surface area contributed by atoms with Crippen LogP contribution in [0.3, 0.4) is 0 Å². The summed E-state index contributed by atoms with van der Waals surface area (Å²) in [5, 5.41) is 1.35. The molecule has 0 fully saturated rings. The molecule has 0 unspecified atom stereocenters. The van der Waals surface area contributed by atoms with Gasteiger partial charge in [0, 0.05) is 5.75 Å². The van der Waals surface area contributed by atoms with Crippen molar-refractivity contribution in [3.63, 3.8) is 0 Å². The van der Waals surface area contributed by atoms with Gasteiger partial charge in [0.05, 0.1) is 23.2 Å². The molecule has 1 heterocycles. The Hall–Kier alpha value is -3.05. The van der Waals surface area contributed by atoms with Crippen LogP contribution in [0.4, 0.5) is 0 Å². The van der Waals surface area contributed by atoms with E-state index in [0.29, 0.717) is 17.1 Å². The number of rotatable bonds is 7. The van der Waals surface area contributed by atoms with Gasteiger partial charge in [0.2, 0.25) is 0 Å². The van der Waals surface area contributed by atoms with Crippen molar-refractivity contribution in [3.05, 3.63) is 94.3 Å². The van der Waals surface area contributed by atoms with Gasteiger partial charge in [-0.25, -0.2) is 4.98 Å². The zero-order chi connectivity index (χ0) is 20.9. The summed E-state index contributed by atoms with van der Waals surface area (Å²) < 4.78 is 7.53. The lowest BCUT2D eigenvalue weighted by Gasteiger charge is -2.15. The summed E-state index contributed by atoms with van der Waals surface area (Å²) in [7, 11) is 0. The smallest absolute Gasteiger partial charge is 0.266 e. The highest BCUT2D eigenvalue weighted by Crippen LogP contribution is 2.24. The fraction of sp³-hybridized carbons (Fsp3) is 0.200. The van der Waals surface area contributed by atoms with Crippen LogP contribution in [0.5, 0.6) is 5.75 Å². The Morgan fingerprint density at radius 1 is 0.967 bits per heavy atom. The van der Waals surface area contributed by atoms with Crippen LogP contribution in [0.15, 0.2) is 82.7 Å². The van der Waals surface area contributed by atoms with Crippen LogP contribution >= 0.6 is 11.8 Å². The lowest BCUT2D eigenvalue weighted by atomic mass is 10.1. The molecule has 0 N–H and O–H groups in total. The van der Waals surface area contributed by atoms with Crippen molar-refractivity contribution in [1.29, 1.82) is 0 Å². The molecule has 3 aromatic carbocycles. The van der Waals surface area contributed by atoms with Crippen LogP contribution in [-0.2, 0) is 0 Å². The Kier molecular flexibility index (Phi) is 6.19. The highest BCUT2D eigenvalue weighted by atomic mass is 32.2. The minimum absolute atomic E-state index is 0.0319. The van der Waals surface area contributed by atoms with E-state index in [2.05, 4.69) is 13.0 Å². The average molecular weight is 417 g/mol. The third kappa shape index (κ3) is 4.41. The van der Waals surface area contributed by atoms with E-state index in [4.69, 9.17) is 9.72 Å². The van der Waals surface area contributed by atoms with Crippen molar-refractivity contribution in [1.82, 2.24) is 9.55 Å². The molecule has 4 rings (SSSR count). The highest BCUT2D eigenvalue weighted by Gasteiger charge is 2.14. The molecule has 0 atom stereocenters. The van der Waals surface area contributed by atoms with Crippen LogP contribution in [0, 0.1) is 13.8 Å². The number of aromatic nitrogens is 2. The van der Waals surface area contributed by atoms with Gasteiger partial charge in [0.25, 0.3) is 5.56 Å². The summed E-state index contributed by atoms with van der Waals surface area (Å²) in [6, 6.07) is 23.5. The first kappa shape index (κ1) is 20.2. The SMILES string of the molecule is Cc1ccc(-n2c(SCCCOc3ccccc3)nc3ccccc3c2=O)c(C)c1. The molecular weight excluding hydrogens is 392 g/mol. The molecule has 0 spiro atoms. The van der Waals surface area contributed by atoms with Crippen molar-refractivity contribution in [2.75, 3.05) is 12.4 Å². The number of nitrogens with zero attached hydrogens (tertiary/aromatic N) is 2. The molecule has 1 aromatic heterocycles. The molecule has 0 saturated carbocycles. The first-order valence-electron chi connectivity index (χ1n) is 10.0. The van der Waals surface area contributed by atoms with E-state index < -0.39 is 0 Å². The van der Waals surface area contributed by atoms with E-state index in [1.165, 1.54) is 5.56 Å². The molecule has 0 aliphatic rings. The van der Waals surface area contributed by atoms with E-state index in [1.54, 1.807) is 16.3 Å². The summed E-state index contributed by atoms with van der Waals surface area (Å²) in [5.74, 6) is 1.68. The lowest BCUT2D eigenvalue weighted by Crippen LogP contribution is -2.22. The van der Waals surface area contributed by atoms with E-state index in [-0.39, 0.29) is 5.56 Å². The lowest BCUT2D eigenvalue weighted by molar-refractivity contribution is 0.318. The van der Waals surface area contributed by atoms with Gasteiger partial charge in [-0.05, 0) is 56.2 Å². The Labute approximate surface area is 180 Å². The largest absolute Gasteiger partial charge is 0.494 e. The topological polar surface area (TPSA) is 44.1 Å². The number of thioether (sulfide) groups is 1. The molecule has 0 amide bonds. The van der Waals surface area contributed by atoms with E-state index in [9.17, 15) is 4.79 Å². The highest BCUT2D eigenvalue weighted by molar-refractivity contribution is 7.99. The van der Waals surface area contributed by atoms with Crippen molar-refractivity contribution in [2.24, 2.45) is 0 Å². The molecule has 0 aliphatic carbocycles. The standard InChI is InChI=1S/C25H24N2O2S/c1-18-13-14-23(19(2)17-18)27-24(28)21-11-6-7-12-22(21)26-25(27)30-16-8-15-29-20-9-4-3-5-10-20/h3-7,9-14,17H,8,15-16H2,1-2H3. The molecule has 0 bridgehead atoms. The molecule has 4 nitrogen and oxygen atoms in total. The summed E-state index contributed by atoms with van der Waals surface area (Å²) >= 11 is 1.59. The normalized spacial score (nSPS) is 11.0. The van der Waals surface area contributed by atoms with Gasteiger partial charge in [-0.3, -0.25) is 9.36 Å².